The van der Waals surface area contributed by atoms with Crippen LogP contribution in [0.3, 0.4) is 0 Å². The van der Waals surface area contributed by atoms with E-state index in [0.29, 0.717) is 11.8 Å². The highest BCUT2D eigenvalue weighted by Crippen LogP contribution is 2.48. The van der Waals surface area contributed by atoms with Gasteiger partial charge in [0.05, 0.1) is 11.4 Å². The zero-order valence-electron chi connectivity index (χ0n) is 15.4. The van der Waals surface area contributed by atoms with E-state index in [-0.39, 0.29) is 0 Å². The number of nitrogens with zero attached hydrogens (tertiary/aromatic N) is 2. The largest absolute Gasteiger partial charge is 0.371 e. The van der Waals surface area contributed by atoms with E-state index in [4.69, 9.17) is 0 Å². The van der Waals surface area contributed by atoms with Crippen LogP contribution in [0.15, 0.2) is 52.3 Å². The van der Waals surface area contributed by atoms with Gasteiger partial charge in [0, 0.05) is 35.6 Å². The zero-order valence-corrected chi connectivity index (χ0v) is 16.2. The third-order valence-electron chi connectivity index (χ3n) is 4.29. The topological polar surface area (TPSA) is 6.48 Å². The van der Waals surface area contributed by atoms with Crippen molar-refractivity contribution in [1.82, 2.24) is 0 Å². The lowest BCUT2D eigenvalue weighted by molar-refractivity contribution is 0.552. The molecule has 0 N–H and O–H groups in total. The Kier molecular flexibility index (Phi) is 5.09. The molecule has 0 fully saturated rings. The number of anilines is 3. The van der Waals surface area contributed by atoms with Crippen molar-refractivity contribution in [3.63, 3.8) is 0 Å². The lowest BCUT2D eigenvalue weighted by Crippen LogP contribution is -2.31. The van der Waals surface area contributed by atoms with Gasteiger partial charge in [0.25, 0.3) is 0 Å². The lowest BCUT2D eigenvalue weighted by Gasteiger charge is -2.33. The van der Waals surface area contributed by atoms with Crippen LogP contribution in [-0.2, 0) is 0 Å². The highest BCUT2D eigenvalue weighted by molar-refractivity contribution is 7.99. The molecular weight excluding hydrogens is 312 g/mol. The molecule has 0 bridgehead atoms. The first-order valence-corrected chi connectivity index (χ1v) is 9.67. The first-order valence-electron chi connectivity index (χ1n) is 8.85. The van der Waals surface area contributed by atoms with Gasteiger partial charge >= 0.3 is 0 Å². The Labute approximate surface area is 150 Å². The van der Waals surface area contributed by atoms with Gasteiger partial charge in [-0.3, -0.25) is 0 Å². The molecule has 0 saturated heterocycles. The Morgan fingerprint density at radius 3 is 2.17 bits per heavy atom. The summed E-state index contributed by atoms with van der Waals surface area (Å²) >= 11 is 1.87. The van der Waals surface area contributed by atoms with Crippen molar-refractivity contribution in [2.75, 3.05) is 29.9 Å². The zero-order chi connectivity index (χ0) is 17.3. The smallest absolute Gasteiger partial charge is 0.0571 e. The van der Waals surface area contributed by atoms with Crippen LogP contribution in [0.1, 0.15) is 27.7 Å². The SMILES string of the molecule is CC(C)CN(CC(C)C)c1ccc2c(c1)N(C)c1ccccc1S2. The van der Waals surface area contributed by atoms with Gasteiger partial charge in [-0.1, -0.05) is 51.6 Å². The molecular formula is C21H28N2S. The molecule has 128 valence electrons. The molecule has 2 nitrogen and oxygen atoms in total. The molecule has 0 aromatic heterocycles. The first-order chi connectivity index (χ1) is 11.5. The van der Waals surface area contributed by atoms with Gasteiger partial charge in [0.1, 0.15) is 0 Å². The number of benzene rings is 2. The van der Waals surface area contributed by atoms with E-state index in [9.17, 15) is 0 Å². The molecule has 24 heavy (non-hydrogen) atoms. The van der Waals surface area contributed by atoms with Crippen molar-refractivity contribution in [1.29, 1.82) is 0 Å². The second-order valence-electron chi connectivity index (χ2n) is 7.47. The second-order valence-corrected chi connectivity index (χ2v) is 8.56. The minimum absolute atomic E-state index is 0.660. The van der Waals surface area contributed by atoms with E-state index < -0.39 is 0 Å². The van der Waals surface area contributed by atoms with Gasteiger partial charge in [-0.25, -0.2) is 0 Å². The van der Waals surface area contributed by atoms with Crippen molar-refractivity contribution in [3.05, 3.63) is 42.5 Å². The van der Waals surface area contributed by atoms with Crippen LogP contribution in [0.25, 0.3) is 0 Å². The van der Waals surface area contributed by atoms with Gasteiger partial charge in [-0.05, 0) is 42.2 Å². The number of rotatable bonds is 5. The second kappa shape index (κ2) is 7.10. The van der Waals surface area contributed by atoms with E-state index >= 15 is 0 Å². The van der Waals surface area contributed by atoms with Crippen LogP contribution in [0.4, 0.5) is 17.1 Å². The standard InChI is InChI=1S/C21H28N2S/c1-15(2)13-23(14-16(3)4)17-10-11-21-19(12-17)22(5)18-8-6-7-9-20(18)24-21/h6-12,15-16H,13-14H2,1-5H3. The summed E-state index contributed by atoms with van der Waals surface area (Å²) in [5.74, 6) is 1.32. The maximum atomic E-state index is 2.54. The molecule has 0 radical (unpaired) electrons. The quantitative estimate of drug-likeness (QED) is 0.655. The summed E-state index contributed by atoms with van der Waals surface area (Å²) in [6, 6.07) is 15.6. The lowest BCUT2D eigenvalue weighted by atomic mass is 10.1. The highest BCUT2D eigenvalue weighted by atomic mass is 32.2. The molecule has 0 aliphatic carbocycles. The first kappa shape index (κ1) is 17.2. The van der Waals surface area contributed by atoms with E-state index in [0.717, 1.165) is 13.1 Å². The van der Waals surface area contributed by atoms with Crippen molar-refractivity contribution < 1.29 is 0 Å². The van der Waals surface area contributed by atoms with Crippen LogP contribution < -0.4 is 9.80 Å². The minimum Gasteiger partial charge on any atom is -0.371 e. The summed E-state index contributed by atoms with van der Waals surface area (Å²) in [6.45, 7) is 11.4. The average molecular weight is 341 g/mol. The number of hydrogen-bond donors (Lipinski definition) is 0. The summed E-state index contributed by atoms with van der Waals surface area (Å²) < 4.78 is 0. The monoisotopic (exact) mass is 340 g/mol. The molecule has 3 heteroatoms. The molecule has 1 aliphatic heterocycles. The van der Waals surface area contributed by atoms with Gasteiger partial charge in [-0.15, -0.1) is 0 Å². The van der Waals surface area contributed by atoms with Crippen molar-refractivity contribution in [3.8, 4) is 0 Å². The molecule has 1 aliphatic rings. The molecule has 2 aromatic carbocycles. The fourth-order valence-electron chi connectivity index (χ4n) is 3.29. The maximum absolute atomic E-state index is 2.54. The Morgan fingerprint density at radius 1 is 0.875 bits per heavy atom. The molecule has 0 atom stereocenters. The molecule has 1 heterocycles. The number of fused-ring (bicyclic) bond motifs is 2. The van der Waals surface area contributed by atoms with E-state index in [1.165, 1.54) is 26.9 Å². The number of hydrogen-bond acceptors (Lipinski definition) is 3. The summed E-state index contributed by atoms with van der Waals surface area (Å²) in [4.78, 5) is 7.54. The van der Waals surface area contributed by atoms with Crippen molar-refractivity contribution in [2.24, 2.45) is 11.8 Å². The van der Waals surface area contributed by atoms with Crippen LogP contribution in [0, 0.1) is 11.8 Å². The Balaban J connectivity index is 1.95. The molecule has 2 aromatic rings. The molecule has 0 amide bonds. The predicted octanol–water partition coefficient (Wildman–Crippen LogP) is 6.04. The van der Waals surface area contributed by atoms with Crippen molar-refractivity contribution >= 4 is 28.8 Å². The van der Waals surface area contributed by atoms with Gasteiger partial charge in [0.2, 0.25) is 0 Å². The maximum Gasteiger partial charge on any atom is 0.0571 e. The Morgan fingerprint density at radius 2 is 1.50 bits per heavy atom. The fraction of sp³-hybridized carbons (Fsp3) is 0.429. The van der Waals surface area contributed by atoms with Gasteiger partial charge in [0.15, 0.2) is 0 Å². The molecule has 0 unspecified atom stereocenters. The van der Waals surface area contributed by atoms with E-state index in [1.54, 1.807) is 0 Å². The summed E-state index contributed by atoms with van der Waals surface area (Å²) in [5.41, 5.74) is 3.95. The van der Waals surface area contributed by atoms with Gasteiger partial charge < -0.3 is 9.80 Å². The predicted molar refractivity (Wildman–Crippen MR) is 107 cm³/mol. The minimum atomic E-state index is 0.660. The third-order valence-corrected chi connectivity index (χ3v) is 5.42. The van der Waals surface area contributed by atoms with Gasteiger partial charge in [-0.2, -0.15) is 0 Å². The number of para-hydroxylation sites is 1. The average Bonchev–Trinajstić information content (AvgIpc) is 2.53. The molecule has 0 spiro atoms. The summed E-state index contributed by atoms with van der Waals surface area (Å²) in [6.07, 6.45) is 0. The molecule has 3 rings (SSSR count). The Hall–Kier alpha value is -1.61. The molecule has 0 saturated carbocycles. The summed E-state index contributed by atoms with van der Waals surface area (Å²) in [7, 11) is 2.18. The van der Waals surface area contributed by atoms with Crippen molar-refractivity contribution in [2.45, 2.75) is 37.5 Å². The normalized spacial score (nSPS) is 13.2. The Bertz CT molecular complexity index is 699. The van der Waals surface area contributed by atoms with Crippen LogP contribution >= 0.6 is 11.8 Å². The van der Waals surface area contributed by atoms with Crippen LogP contribution in [-0.4, -0.2) is 20.1 Å². The van der Waals surface area contributed by atoms with E-state index in [1.807, 2.05) is 11.8 Å². The fourth-order valence-corrected chi connectivity index (χ4v) is 4.42. The summed E-state index contributed by atoms with van der Waals surface area (Å²) in [5, 5.41) is 0. The third kappa shape index (κ3) is 3.56. The van der Waals surface area contributed by atoms with E-state index in [2.05, 4.69) is 87.0 Å². The van der Waals surface area contributed by atoms with Crippen LogP contribution in [0.5, 0.6) is 0 Å². The highest BCUT2D eigenvalue weighted by Gasteiger charge is 2.21. The van der Waals surface area contributed by atoms with Crippen LogP contribution in [0.2, 0.25) is 0 Å².